The van der Waals surface area contributed by atoms with Crippen molar-refractivity contribution >= 4 is 0 Å². The third-order valence-corrected chi connectivity index (χ3v) is 4.61. The number of benzene rings is 1. The van der Waals surface area contributed by atoms with Gasteiger partial charge >= 0.3 is 0 Å². The summed E-state index contributed by atoms with van der Waals surface area (Å²) in [5.74, 6) is 0.529. The van der Waals surface area contributed by atoms with E-state index in [1.54, 1.807) is 5.56 Å². The van der Waals surface area contributed by atoms with E-state index >= 15 is 0 Å². The van der Waals surface area contributed by atoms with Crippen LogP contribution >= 0.6 is 0 Å². The van der Waals surface area contributed by atoms with Crippen LogP contribution < -0.4 is 0 Å². The fraction of sp³-hybridized carbons (Fsp3) is 0.647. The molecule has 19 heavy (non-hydrogen) atoms. The summed E-state index contributed by atoms with van der Waals surface area (Å²) < 4.78 is 0. The van der Waals surface area contributed by atoms with E-state index in [2.05, 4.69) is 44.9 Å². The molecule has 1 aromatic rings. The largest absolute Gasteiger partial charge is 0.393 e. The van der Waals surface area contributed by atoms with Crippen LogP contribution in [0.25, 0.3) is 0 Å². The Morgan fingerprint density at radius 2 is 1.89 bits per heavy atom. The molecule has 2 unspecified atom stereocenters. The molecule has 0 spiro atoms. The highest BCUT2D eigenvalue weighted by molar-refractivity contribution is 5.46. The highest BCUT2D eigenvalue weighted by atomic mass is 16.3. The Bertz CT molecular complexity index is 465. The molecule has 0 amide bonds. The van der Waals surface area contributed by atoms with Crippen molar-refractivity contribution in [3.8, 4) is 0 Å². The van der Waals surface area contributed by atoms with Crippen LogP contribution in [0, 0.1) is 0 Å². The van der Waals surface area contributed by atoms with Crippen molar-refractivity contribution in [1.29, 1.82) is 0 Å². The molecule has 2 heteroatoms. The molecular formula is C17H25NO. The molecule has 0 aromatic heterocycles. The number of rotatable bonds is 0. The van der Waals surface area contributed by atoms with Crippen LogP contribution in [-0.4, -0.2) is 29.7 Å². The van der Waals surface area contributed by atoms with Crippen LogP contribution in [0.15, 0.2) is 12.1 Å². The van der Waals surface area contributed by atoms with E-state index in [1.807, 2.05) is 0 Å². The minimum Gasteiger partial charge on any atom is -0.393 e. The molecule has 1 aromatic carbocycles. The molecule has 1 N–H and O–H groups in total. The second kappa shape index (κ2) is 4.32. The highest BCUT2D eigenvalue weighted by Gasteiger charge is 2.33. The predicted molar refractivity (Wildman–Crippen MR) is 78.5 cm³/mol. The molecule has 2 aliphatic rings. The lowest BCUT2D eigenvalue weighted by atomic mass is 9.73. The number of aliphatic hydroxyl groups excluding tert-OH is 1. The van der Waals surface area contributed by atoms with Crippen molar-refractivity contribution in [1.82, 2.24) is 4.90 Å². The lowest BCUT2D eigenvalue weighted by Crippen LogP contribution is -2.37. The van der Waals surface area contributed by atoms with E-state index < -0.39 is 0 Å². The Kier molecular flexibility index (Phi) is 2.99. The van der Waals surface area contributed by atoms with Crippen LogP contribution in [0.2, 0.25) is 0 Å². The van der Waals surface area contributed by atoms with Crippen molar-refractivity contribution < 1.29 is 5.11 Å². The summed E-state index contributed by atoms with van der Waals surface area (Å²) in [6.45, 7) is 8.95. The predicted octanol–water partition coefficient (Wildman–Crippen LogP) is 2.82. The minimum absolute atomic E-state index is 0.160. The van der Waals surface area contributed by atoms with E-state index in [0.29, 0.717) is 5.92 Å². The molecule has 1 aliphatic heterocycles. The molecule has 2 nitrogen and oxygen atoms in total. The highest BCUT2D eigenvalue weighted by Crippen LogP contribution is 2.40. The first-order chi connectivity index (χ1) is 8.84. The number of hydrogen-bond acceptors (Lipinski definition) is 2. The average molecular weight is 259 g/mol. The van der Waals surface area contributed by atoms with E-state index in [4.69, 9.17) is 0 Å². The van der Waals surface area contributed by atoms with Gasteiger partial charge in [0.25, 0.3) is 0 Å². The monoisotopic (exact) mass is 259 g/mol. The topological polar surface area (TPSA) is 23.5 Å². The zero-order chi connectivity index (χ0) is 13.8. The first kappa shape index (κ1) is 13.1. The van der Waals surface area contributed by atoms with Gasteiger partial charge in [-0.05, 0) is 53.5 Å². The summed E-state index contributed by atoms with van der Waals surface area (Å²) in [7, 11) is 2.19. The van der Waals surface area contributed by atoms with Crippen LogP contribution in [0.1, 0.15) is 55.4 Å². The summed E-state index contributed by atoms with van der Waals surface area (Å²) in [6.07, 6.45) is 1.61. The van der Waals surface area contributed by atoms with Gasteiger partial charge < -0.3 is 10.0 Å². The maximum absolute atomic E-state index is 10.1. The molecule has 0 saturated heterocycles. The molecule has 1 aliphatic carbocycles. The van der Waals surface area contributed by atoms with E-state index in [1.165, 1.54) is 16.7 Å². The van der Waals surface area contributed by atoms with Crippen LogP contribution in [0.3, 0.4) is 0 Å². The Morgan fingerprint density at radius 1 is 1.21 bits per heavy atom. The van der Waals surface area contributed by atoms with Gasteiger partial charge in [-0.15, -0.1) is 0 Å². The number of likely N-dealkylation sites (N-methyl/N-ethyl adjacent to an activating group) is 1. The second-order valence-electron chi connectivity index (χ2n) is 7.45. The molecule has 0 radical (unpaired) electrons. The van der Waals surface area contributed by atoms with E-state index in [9.17, 15) is 5.11 Å². The van der Waals surface area contributed by atoms with E-state index in [-0.39, 0.29) is 11.5 Å². The quantitative estimate of drug-likeness (QED) is 0.774. The van der Waals surface area contributed by atoms with Gasteiger partial charge in [0.15, 0.2) is 0 Å². The summed E-state index contributed by atoms with van der Waals surface area (Å²) in [5, 5.41) is 10.1. The van der Waals surface area contributed by atoms with Crippen molar-refractivity contribution in [2.45, 2.75) is 57.6 Å². The van der Waals surface area contributed by atoms with Gasteiger partial charge in [-0.1, -0.05) is 32.9 Å². The van der Waals surface area contributed by atoms with Gasteiger partial charge in [0.1, 0.15) is 0 Å². The summed E-state index contributed by atoms with van der Waals surface area (Å²) >= 11 is 0. The molecular weight excluding hydrogens is 234 g/mol. The van der Waals surface area contributed by atoms with Gasteiger partial charge in [-0.3, -0.25) is 0 Å². The smallest absolute Gasteiger partial charge is 0.0587 e. The third-order valence-electron chi connectivity index (χ3n) is 4.61. The Hall–Kier alpha value is -0.860. The van der Waals surface area contributed by atoms with Crippen molar-refractivity contribution in [2.75, 3.05) is 13.6 Å². The maximum atomic E-state index is 10.1. The van der Waals surface area contributed by atoms with Crippen molar-refractivity contribution in [3.05, 3.63) is 34.4 Å². The fourth-order valence-electron chi connectivity index (χ4n) is 3.72. The molecule has 0 saturated carbocycles. The fourth-order valence-corrected chi connectivity index (χ4v) is 3.72. The second-order valence-corrected chi connectivity index (χ2v) is 7.45. The van der Waals surface area contributed by atoms with Gasteiger partial charge in [0.2, 0.25) is 0 Å². The average Bonchev–Trinajstić information content (AvgIpc) is 2.25. The zero-order valence-electron chi connectivity index (χ0n) is 12.5. The lowest BCUT2D eigenvalue weighted by molar-refractivity contribution is 0.130. The number of aliphatic hydroxyl groups is 1. The molecule has 0 fully saturated rings. The zero-order valence-corrected chi connectivity index (χ0v) is 12.5. The molecule has 0 bridgehead atoms. The van der Waals surface area contributed by atoms with Crippen LogP contribution in [0.4, 0.5) is 0 Å². The summed E-state index contributed by atoms with van der Waals surface area (Å²) in [6, 6.07) is 4.75. The summed E-state index contributed by atoms with van der Waals surface area (Å²) in [4.78, 5) is 2.39. The van der Waals surface area contributed by atoms with Crippen LogP contribution in [-0.2, 0) is 18.4 Å². The Balaban J connectivity index is 2.15. The first-order valence-corrected chi connectivity index (χ1v) is 7.37. The standard InChI is InChI=1S/C17H25NO/c1-17(2,3)14-5-11-7-15(19)8-13-10-18(4)9-12(6-14)16(11)13/h5-6,13,15,19H,7-10H2,1-4H3. The SMILES string of the molecule is CN1Cc2cc(C(C)(C)C)cc3c2C(CC(O)C3)C1. The van der Waals surface area contributed by atoms with Crippen LogP contribution in [0.5, 0.6) is 0 Å². The van der Waals surface area contributed by atoms with Crippen molar-refractivity contribution in [3.63, 3.8) is 0 Å². The summed E-state index contributed by atoms with van der Waals surface area (Å²) in [5.41, 5.74) is 6.03. The number of nitrogens with zero attached hydrogens (tertiary/aromatic N) is 1. The van der Waals surface area contributed by atoms with Crippen molar-refractivity contribution in [2.24, 2.45) is 0 Å². The molecule has 3 rings (SSSR count). The molecule has 104 valence electrons. The maximum Gasteiger partial charge on any atom is 0.0587 e. The Labute approximate surface area is 116 Å². The first-order valence-electron chi connectivity index (χ1n) is 7.37. The normalized spacial score (nSPS) is 27.2. The molecule has 2 atom stereocenters. The third kappa shape index (κ3) is 2.32. The lowest BCUT2D eigenvalue weighted by Gasteiger charge is -2.39. The van der Waals surface area contributed by atoms with Gasteiger partial charge in [-0.2, -0.15) is 0 Å². The molecule has 1 heterocycles. The van der Waals surface area contributed by atoms with Gasteiger partial charge in [0.05, 0.1) is 6.10 Å². The van der Waals surface area contributed by atoms with Gasteiger partial charge in [0, 0.05) is 13.1 Å². The minimum atomic E-state index is -0.160. The number of hydrogen-bond donors (Lipinski definition) is 1. The van der Waals surface area contributed by atoms with E-state index in [0.717, 1.165) is 25.9 Å². The Morgan fingerprint density at radius 3 is 2.58 bits per heavy atom. The van der Waals surface area contributed by atoms with Gasteiger partial charge in [-0.25, -0.2) is 0 Å².